The van der Waals surface area contributed by atoms with Gasteiger partial charge in [0.2, 0.25) is 0 Å². The fourth-order valence-electron chi connectivity index (χ4n) is 2.47. The number of anilines is 1. The van der Waals surface area contributed by atoms with Crippen molar-refractivity contribution in [2.24, 2.45) is 0 Å². The maximum Gasteiger partial charge on any atom is 0.335 e. The van der Waals surface area contributed by atoms with Crippen molar-refractivity contribution in [3.05, 3.63) is 74.0 Å². The fraction of sp³-hybridized carbons (Fsp3) is 0.111. The number of carboxylic acids is 1. The summed E-state index contributed by atoms with van der Waals surface area (Å²) >= 11 is 18.0. The molecule has 28 heavy (non-hydrogen) atoms. The second kappa shape index (κ2) is 8.18. The number of carbonyl (C=O) groups is 2. The molecule has 1 amide bonds. The number of aromatic nitrogens is 3. The van der Waals surface area contributed by atoms with Crippen LogP contribution in [-0.2, 0) is 6.54 Å². The summed E-state index contributed by atoms with van der Waals surface area (Å²) in [6.07, 6.45) is 0. The third kappa shape index (κ3) is 4.27. The summed E-state index contributed by atoms with van der Waals surface area (Å²) in [5.41, 5.74) is 1.63. The zero-order valence-electron chi connectivity index (χ0n) is 14.4. The summed E-state index contributed by atoms with van der Waals surface area (Å²) in [6, 6.07) is 9.20. The van der Waals surface area contributed by atoms with Crippen LogP contribution in [0.1, 0.15) is 32.1 Å². The van der Waals surface area contributed by atoms with E-state index in [1.54, 1.807) is 29.8 Å². The standard InChI is InChI=1S/C18H13Cl3N4O3/c1-9-16(17(26)22-15-7-11(18(27)28)3-5-13(15)20)23-24-25(9)8-10-2-4-12(19)14(21)6-10/h2-7H,8H2,1H3,(H,22,26)(H,27,28). The van der Waals surface area contributed by atoms with Gasteiger partial charge in [0.05, 0.1) is 38.6 Å². The molecule has 2 N–H and O–H groups in total. The molecule has 7 nitrogen and oxygen atoms in total. The van der Waals surface area contributed by atoms with Crippen molar-refractivity contribution in [1.82, 2.24) is 15.0 Å². The molecule has 0 aliphatic carbocycles. The Hall–Kier alpha value is -2.61. The Morgan fingerprint density at radius 3 is 2.46 bits per heavy atom. The first-order chi connectivity index (χ1) is 13.3. The lowest BCUT2D eigenvalue weighted by Gasteiger charge is -2.08. The van der Waals surface area contributed by atoms with Gasteiger partial charge in [0, 0.05) is 0 Å². The SMILES string of the molecule is Cc1c(C(=O)Nc2cc(C(=O)O)ccc2Cl)nnn1Cc1ccc(Cl)c(Cl)c1. The van der Waals surface area contributed by atoms with Gasteiger partial charge in [-0.3, -0.25) is 4.79 Å². The Morgan fingerprint density at radius 2 is 1.79 bits per heavy atom. The first-order valence-corrected chi connectivity index (χ1v) is 9.08. The number of carbonyl (C=O) groups excluding carboxylic acids is 1. The summed E-state index contributed by atoms with van der Waals surface area (Å²) in [5.74, 6) is -1.68. The Bertz CT molecular complexity index is 1080. The molecule has 0 atom stereocenters. The van der Waals surface area contributed by atoms with Gasteiger partial charge in [-0.15, -0.1) is 5.10 Å². The van der Waals surface area contributed by atoms with Crippen LogP contribution in [0.2, 0.25) is 15.1 Å². The number of halogens is 3. The average molecular weight is 440 g/mol. The van der Waals surface area contributed by atoms with Crippen LogP contribution in [0.25, 0.3) is 0 Å². The van der Waals surface area contributed by atoms with E-state index in [-0.39, 0.29) is 22.0 Å². The van der Waals surface area contributed by atoms with Crippen molar-refractivity contribution in [1.29, 1.82) is 0 Å². The summed E-state index contributed by atoms with van der Waals surface area (Å²) in [6.45, 7) is 2.04. The van der Waals surface area contributed by atoms with Gasteiger partial charge in [-0.2, -0.15) is 0 Å². The number of amides is 1. The predicted molar refractivity (Wildman–Crippen MR) is 107 cm³/mol. The van der Waals surface area contributed by atoms with E-state index in [0.29, 0.717) is 22.3 Å². The van der Waals surface area contributed by atoms with Crippen molar-refractivity contribution in [2.75, 3.05) is 5.32 Å². The molecule has 144 valence electrons. The minimum absolute atomic E-state index is 0.000284. The van der Waals surface area contributed by atoms with E-state index in [0.717, 1.165) is 5.56 Å². The molecular weight excluding hydrogens is 427 g/mol. The van der Waals surface area contributed by atoms with Crippen LogP contribution in [0, 0.1) is 6.92 Å². The molecule has 0 aliphatic heterocycles. The van der Waals surface area contributed by atoms with Gasteiger partial charge < -0.3 is 10.4 Å². The molecule has 3 rings (SSSR count). The normalized spacial score (nSPS) is 10.7. The second-order valence-electron chi connectivity index (χ2n) is 5.88. The molecule has 0 aliphatic rings. The van der Waals surface area contributed by atoms with Crippen LogP contribution >= 0.6 is 34.8 Å². The van der Waals surface area contributed by atoms with E-state index >= 15 is 0 Å². The van der Waals surface area contributed by atoms with E-state index < -0.39 is 11.9 Å². The number of benzene rings is 2. The van der Waals surface area contributed by atoms with Gasteiger partial charge in [-0.05, 0) is 42.8 Å². The van der Waals surface area contributed by atoms with Gasteiger partial charge in [0.15, 0.2) is 5.69 Å². The lowest BCUT2D eigenvalue weighted by molar-refractivity contribution is 0.0696. The summed E-state index contributed by atoms with van der Waals surface area (Å²) in [5, 5.41) is 20.6. The highest BCUT2D eigenvalue weighted by Crippen LogP contribution is 2.25. The van der Waals surface area contributed by atoms with Gasteiger partial charge in [-0.1, -0.05) is 46.1 Å². The average Bonchev–Trinajstić information content (AvgIpc) is 3.00. The van der Waals surface area contributed by atoms with Crippen LogP contribution in [-0.4, -0.2) is 32.0 Å². The molecule has 3 aromatic rings. The Morgan fingerprint density at radius 1 is 1.07 bits per heavy atom. The maximum atomic E-state index is 12.6. The summed E-state index contributed by atoms with van der Waals surface area (Å²) in [7, 11) is 0. The molecule has 0 saturated carbocycles. The van der Waals surface area contributed by atoms with Crippen LogP contribution < -0.4 is 5.32 Å². The maximum absolute atomic E-state index is 12.6. The molecule has 0 spiro atoms. The molecule has 10 heteroatoms. The highest BCUT2D eigenvalue weighted by atomic mass is 35.5. The van der Waals surface area contributed by atoms with Gasteiger partial charge in [-0.25, -0.2) is 9.48 Å². The van der Waals surface area contributed by atoms with E-state index in [4.69, 9.17) is 39.9 Å². The quantitative estimate of drug-likeness (QED) is 0.608. The molecule has 1 aromatic heterocycles. The summed E-state index contributed by atoms with van der Waals surface area (Å²) < 4.78 is 1.55. The monoisotopic (exact) mass is 438 g/mol. The zero-order chi connectivity index (χ0) is 20.4. The molecule has 1 heterocycles. The van der Waals surface area contributed by atoms with E-state index in [1.165, 1.54) is 18.2 Å². The molecule has 0 fully saturated rings. The smallest absolute Gasteiger partial charge is 0.335 e. The third-order valence-corrected chi connectivity index (χ3v) is 5.04. The number of hydrogen-bond acceptors (Lipinski definition) is 4. The first-order valence-electron chi connectivity index (χ1n) is 7.94. The van der Waals surface area contributed by atoms with Crippen LogP contribution in [0.3, 0.4) is 0 Å². The second-order valence-corrected chi connectivity index (χ2v) is 7.11. The van der Waals surface area contributed by atoms with Gasteiger partial charge >= 0.3 is 5.97 Å². The Kier molecular flexibility index (Phi) is 5.88. The van der Waals surface area contributed by atoms with Crippen LogP contribution in [0.15, 0.2) is 36.4 Å². The fourth-order valence-corrected chi connectivity index (χ4v) is 2.95. The van der Waals surface area contributed by atoms with Crippen LogP contribution in [0.5, 0.6) is 0 Å². The Labute approximate surface area is 174 Å². The molecule has 0 radical (unpaired) electrons. The molecule has 0 saturated heterocycles. The molecule has 2 aromatic carbocycles. The number of rotatable bonds is 5. The number of hydrogen-bond donors (Lipinski definition) is 2. The van der Waals surface area contributed by atoms with Crippen molar-refractivity contribution < 1.29 is 14.7 Å². The summed E-state index contributed by atoms with van der Waals surface area (Å²) in [4.78, 5) is 23.7. The largest absolute Gasteiger partial charge is 0.478 e. The topological polar surface area (TPSA) is 97.1 Å². The number of carboxylic acid groups (broad SMARTS) is 1. The molecular formula is C18H13Cl3N4O3. The number of nitrogens with one attached hydrogen (secondary N) is 1. The van der Waals surface area contributed by atoms with E-state index in [2.05, 4.69) is 15.6 Å². The lowest BCUT2D eigenvalue weighted by Crippen LogP contribution is -2.15. The van der Waals surface area contributed by atoms with Crippen molar-refractivity contribution in [3.8, 4) is 0 Å². The van der Waals surface area contributed by atoms with Crippen molar-refractivity contribution in [2.45, 2.75) is 13.5 Å². The Balaban J connectivity index is 1.81. The molecule has 0 bridgehead atoms. The number of nitrogens with zero attached hydrogens (tertiary/aromatic N) is 3. The van der Waals surface area contributed by atoms with E-state index in [1.807, 2.05) is 0 Å². The highest BCUT2D eigenvalue weighted by Gasteiger charge is 2.18. The minimum atomic E-state index is -1.13. The molecule has 0 unspecified atom stereocenters. The highest BCUT2D eigenvalue weighted by molar-refractivity contribution is 6.42. The van der Waals surface area contributed by atoms with Crippen molar-refractivity contribution in [3.63, 3.8) is 0 Å². The van der Waals surface area contributed by atoms with E-state index in [9.17, 15) is 9.59 Å². The third-order valence-electron chi connectivity index (χ3n) is 3.98. The lowest BCUT2D eigenvalue weighted by atomic mass is 10.2. The van der Waals surface area contributed by atoms with Gasteiger partial charge in [0.25, 0.3) is 5.91 Å². The van der Waals surface area contributed by atoms with Gasteiger partial charge in [0.1, 0.15) is 0 Å². The van der Waals surface area contributed by atoms with Crippen molar-refractivity contribution >= 4 is 52.4 Å². The minimum Gasteiger partial charge on any atom is -0.478 e. The number of aromatic carboxylic acids is 1. The predicted octanol–water partition coefficient (Wildman–Crippen LogP) is 4.55. The zero-order valence-corrected chi connectivity index (χ0v) is 16.7. The first kappa shape index (κ1) is 20.1. The van der Waals surface area contributed by atoms with Crippen LogP contribution in [0.4, 0.5) is 5.69 Å².